The van der Waals surface area contributed by atoms with Gasteiger partial charge in [0.25, 0.3) is 0 Å². The Labute approximate surface area is 107 Å². The molecular formula is C12H21ClN4. The molecular weight excluding hydrogens is 236 g/mol. The Kier molecular flexibility index (Phi) is 3.76. The Bertz CT molecular complexity index is 397. The van der Waals surface area contributed by atoms with Crippen molar-refractivity contribution in [1.82, 2.24) is 15.2 Å². The molecule has 1 aromatic heterocycles. The molecule has 0 aromatic carbocycles. The molecule has 0 spiro atoms. The third-order valence-corrected chi connectivity index (χ3v) is 4.38. The van der Waals surface area contributed by atoms with Crippen LogP contribution in [-0.4, -0.2) is 15.8 Å². The van der Waals surface area contributed by atoms with Crippen LogP contribution in [0, 0.1) is 18.8 Å². The van der Waals surface area contributed by atoms with Gasteiger partial charge in [-0.1, -0.05) is 18.5 Å². The highest BCUT2D eigenvalue weighted by molar-refractivity contribution is 6.31. The summed E-state index contributed by atoms with van der Waals surface area (Å²) in [7, 11) is 1.93. The van der Waals surface area contributed by atoms with Gasteiger partial charge >= 0.3 is 0 Å². The van der Waals surface area contributed by atoms with E-state index in [4.69, 9.17) is 17.4 Å². The predicted molar refractivity (Wildman–Crippen MR) is 69.7 cm³/mol. The van der Waals surface area contributed by atoms with E-state index >= 15 is 0 Å². The lowest BCUT2D eigenvalue weighted by molar-refractivity contribution is 0.338. The lowest BCUT2D eigenvalue weighted by Crippen LogP contribution is -2.42. The zero-order valence-corrected chi connectivity index (χ0v) is 11.5. The molecule has 1 aliphatic rings. The van der Waals surface area contributed by atoms with Gasteiger partial charge in [0.1, 0.15) is 0 Å². The Morgan fingerprint density at radius 1 is 1.59 bits per heavy atom. The van der Waals surface area contributed by atoms with Crippen LogP contribution in [0.3, 0.4) is 0 Å². The summed E-state index contributed by atoms with van der Waals surface area (Å²) >= 11 is 6.26. The molecule has 1 heterocycles. The smallest absolute Gasteiger partial charge is 0.0847 e. The van der Waals surface area contributed by atoms with E-state index in [1.54, 1.807) is 0 Å². The summed E-state index contributed by atoms with van der Waals surface area (Å²) in [5.41, 5.74) is 4.89. The van der Waals surface area contributed by atoms with E-state index in [9.17, 15) is 0 Å². The number of nitrogens with one attached hydrogen (secondary N) is 1. The molecule has 2 rings (SSSR count). The minimum Gasteiger partial charge on any atom is -0.271 e. The van der Waals surface area contributed by atoms with Crippen LogP contribution < -0.4 is 11.3 Å². The lowest BCUT2D eigenvalue weighted by Gasteiger charge is -2.23. The Morgan fingerprint density at radius 2 is 2.24 bits per heavy atom. The highest BCUT2D eigenvalue weighted by atomic mass is 35.5. The van der Waals surface area contributed by atoms with Crippen LogP contribution in [0.15, 0.2) is 0 Å². The van der Waals surface area contributed by atoms with Crippen molar-refractivity contribution in [1.29, 1.82) is 0 Å². The van der Waals surface area contributed by atoms with Gasteiger partial charge in [-0.2, -0.15) is 5.10 Å². The number of nitrogens with two attached hydrogens (primary N) is 1. The van der Waals surface area contributed by atoms with Crippen LogP contribution in [0.5, 0.6) is 0 Å². The van der Waals surface area contributed by atoms with Gasteiger partial charge in [-0.15, -0.1) is 0 Å². The first kappa shape index (κ1) is 12.9. The van der Waals surface area contributed by atoms with Crippen LogP contribution in [0.25, 0.3) is 0 Å². The molecule has 1 saturated carbocycles. The van der Waals surface area contributed by atoms with Crippen molar-refractivity contribution in [3.63, 3.8) is 0 Å². The zero-order chi connectivity index (χ0) is 12.6. The normalized spacial score (nSPS) is 19.4. The number of hydrogen-bond acceptors (Lipinski definition) is 3. The zero-order valence-electron chi connectivity index (χ0n) is 10.7. The first-order chi connectivity index (χ1) is 8.04. The van der Waals surface area contributed by atoms with Gasteiger partial charge < -0.3 is 0 Å². The average molecular weight is 257 g/mol. The summed E-state index contributed by atoms with van der Waals surface area (Å²) in [6, 6.07) is 0.273. The van der Waals surface area contributed by atoms with E-state index in [0.29, 0.717) is 5.92 Å². The van der Waals surface area contributed by atoms with E-state index in [1.165, 1.54) is 12.8 Å². The van der Waals surface area contributed by atoms with E-state index in [2.05, 4.69) is 17.4 Å². The highest BCUT2D eigenvalue weighted by Crippen LogP contribution is 2.39. The van der Waals surface area contributed by atoms with Crippen molar-refractivity contribution in [2.75, 3.05) is 0 Å². The first-order valence-electron chi connectivity index (χ1n) is 6.18. The van der Waals surface area contributed by atoms with E-state index in [0.717, 1.165) is 28.7 Å². The molecule has 96 valence electrons. The third kappa shape index (κ3) is 2.64. The van der Waals surface area contributed by atoms with Crippen molar-refractivity contribution in [3.8, 4) is 0 Å². The van der Waals surface area contributed by atoms with Gasteiger partial charge in [-0.25, -0.2) is 0 Å². The fourth-order valence-electron chi connectivity index (χ4n) is 2.46. The van der Waals surface area contributed by atoms with Gasteiger partial charge in [0, 0.05) is 19.5 Å². The monoisotopic (exact) mass is 256 g/mol. The van der Waals surface area contributed by atoms with E-state index in [-0.39, 0.29) is 6.04 Å². The number of halogens is 1. The Morgan fingerprint density at radius 3 is 2.65 bits per heavy atom. The topological polar surface area (TPSA) is 55.9 Å². The molecule has 5 heteroatoms. The van der Waals surface area contributed by atoms with Gasteiger partial charge in [0.15, 0.2) is 0 Å². The van der Waals surface area contributed by atoms with Crippen LogP contribution in [0.2, 0.25) is 5.02 Å². The maximum absolute atomic E-state index is 6.26. The summed E-state index contributed by atoms with van der Waals surface area (Å²) < 4.78 is 1.86. The van der Waals surface area contributed by atoms with E-state index < -0.39 is 0 Å². The SMILES string of the molecule is Cc1nn(C)c(CC(NN)C(C)C2CC2)c1Cl. The summed E-state index contributed by atoms with van der Waals surface area (Å²) in [5.74, 6) is 7.08. The van der Waals surface area contributed by atoms with Crippen molar-refractivity contribution >= 4 is 11.6 Å². The van der Waals surface area contributed by atoms with Crippen LogP contribution in [0.1, 0.15) is 31.2 Å². The quantitative estimate of drug-likeness (QED) is 0.624. The van der Waals surface area contributed by atoms with Crippen molar-refractivity contribution < 1.29 is 0 Å². The molecule has 4 nitrogen and oxygen atoms in total. The molecule has 3 N–H and O–H groups in total. The second-order valence-corrected chi connectivity index (χ2v) is 5.52. The van der Waals surface area contributed by atoms with Crippen molar-refractivity contribution in [2.45, 2.75) is 39.2 Å². The summed E-state index contributed by atoms with van der Waals surface area (Å²) in [6.07, 6.45) is 3.50. The van der Waals surface area contributed by atoms with Crippen LogP contribution in [-0.2, 0) is 13.5 Å². The molecule has 0 aliphatic heterocycles. The van der Waals surface area contributed by atoms with E-state index in [1.807, 2.05) is 18.7 Å². The Balaban J connectivity index is 2.11. The van der Waals surface area contributed by atoms with Crippen LogP contribution >= 0.6 is 11.6 Å². The average Bonchev–Trinajstić information content (AvgIpc) is 3.09. The second kappa shape index (κ2) is 4.96. The second-order valence-electron chi connectivity index (χ2n) is 5.14. The number of hydrazine groups is 1. The van der Waals surface area contributed by atoms with Gasteiger partial charge in [0.05, 0.1) is 16.4 Å². The standard InChI is InChI=1S/C12H21ClN4/c1-7(9-4-5-9)10(15-14)6-11-12(13)8(2)16-17(11)3/h7,9-10,15H,4-6,14H2,1-3H3. The summed E-state index contributed by atoms with van der Waals surface area (Å²) in [6.45, 7) is 4.19. The molecule has 1 fully saturated rings. The Hall–Kier alpha value is -0.580. The molecule has 1 aromatic rings. The molecule has 17 heavy (non-hydrogen) atoms. The fraction of sp³-hybridized carbons (Fsp3) is 0.750. The number of hydrogen-bond donors (Lipinski definition) is 2. The fourth-order valence-corrected chi connectivity index (χ4v) is 2.69. The summed E-state index contributed by atoms with van der Waals surface area (Å²) in [5, 5.41) is 5.11. The molecule has 0 radical (unpaired) electrons. The number of nitrogens with zero attached hydrogens (tertiary/aromatic N) is 2. The number of rotatable bonds is 5. The third-order valence-electron chi connectivity index (χ3n) is 3.89. The van der Waals surface area contributed by atoms with Gasteiger partial charge in [-0.05, 0) is 31.6 Å². The first-order valence-corrected chi connectivity index (χ1v) is 6.56. The van der Waals surface area contributed by atoms with Gasteiger partial charge in [0.2, 0.25) is 0 Å². The lowest BCUT2D eigenvalue weighted by atomic mass is 9.93. The number of aryl methyl sites for hydroxylation is 2. The molecule has 2 atom stereocenters. The summed E-state index contributed by atoms with van der Waals surface area (Å²) in [4.78, 5) is 0. The largest absolute Gasteiger partial charge is 0.271 e. The number of aromatic nitrogens is 2. The highest BCUT2D eigenvalue weighted by Gasteiger charge is 2.33. The molecule has 0 bridgehead atoms. The molecule has 1 aliphatic carbocycles. The van der Waals surface area contributed by atoms with Crippen molar-refractivity contribution in [2.24, 2.45) is 24.7 Å². The maximum Gasteiger partial charge on any atom is 0.0847 e. The molecule has 0 saturated heterocycles. The minimum atomic E-state index is 0.273. The molecule has 2 unspecified atom stereocenters. The molecule has 0 amide bonds. The van der Waals surface area contributed by atoms with Crippen LogP contribution in [0.4, 0.5) is 0 Å². The van der Waals surface area contributed by atoms with Gasteiger partial charge in [-0.3, -0.25) is 16.0 Å². The predicted octanol–water partition coefficient (Wildman–Crippen LogP) is 1.80. The minimum absolute atomic E-state index is 0.273. The van der Waals surface area contributed by atoms with Crippen molar-refractivity contribution in [3.05, 3.63) is 16.4 Å². The maximum atomic E-state index is 6.26.